The molecule has 1 aromatic carbocycles. The summed E-state index contributed by atoms with van der Waals surface area (Å²) in [5.41, 5.74) is 0. The van der Waals surface area contributed by atoms with Crippen molar-refractivity contribution in [3.8, 4) is 0 Å². The SMILES string of the molecule is CN(C)C(O)N1CCC(CSc2ccc(Br)cc2)CC1. The van der Waals surface area contributed by atoms with E-state index in [-0.39, 0.29) is 0 Å². The van der Waals surface area contributed by atoms with Crippen LogP contribution in [0, 0.1) is 5.92 Å². The molecule has 1 fully saturated rings. The summed E-state index contributed by atoms with van der Waals surface area (Å²) in [6.45, 7) is 1.98. The Balaban J connectivity index is 1.73. The van der Waals surface area contributed by atoms with Gasteiger partial charge in [-0.25, -0.2) is 0 Å². The maximum atomic E-state index is 10.0. The molecule has 1 atom stereocenters. The third-order valence-electron chi connectivity index (χ3n) is 3.74. The summed E-state index contributed by atoms with van der Waals surface area (Å²) in [4.78, 5) is 5.35. The summed E-state index contributed by atoms with van der Waals surface area (Å²) in [5, 5.41) is 10.0. The van der Waals surface area contributed by atoms with Crippen LogP contribution in [0.2, 0.25) is 0 Å². The lowest BCUT2D eigenvalue weighted by atomic mass is 9.99. The molecule has 0 amide bonds. The van der Waals surface area contributed by atoms with E-state index >= 15 is 0 Å². The van der Waals surface area contributed by atoms with Crippen LogP contribution in [-0.2, 0) is 0 Å². The van der Waals surface area contributed by atoms with E-state index in [0.717, 1.165) is 23.5 Å². The number of thioether (sulfide) groups is 1. The minimum Gasteiger partial charge on any atom is -0.365 e. The molecule has 1 aliphatic rings. The predicted octanol–water partition coefficient (Wildman–Crippen LogP) is 3.09. The largest absolute Gasteiger partial charge is 0.365 e. The van der Waals surface area contributed by atoms with Gasteiger partial charge in [0.15, 0.2) is 6.35 Å². The number of piperidine rings is 1. The molecule has 20 heavy (non-hydrogen) atoms. The van der Waals surface area contributed by atoms with Crippen molar-refractivity contribution in [2.24, 2.45) is 5.92 Å². The summed E-state index contributed by atoms with van der Waals surface area (Å²) in [6.07, 6.45) is 1.91. The molecule has 1 aromatic rings. The Morgan fingerprint density at radius 1 is 1.30 bits per heavy atom. The zero-order valence-corrected chi connectivity index (χ0v) is 14.5. The van der Waals surface area contributed by atoms with Gasteiger partial charge in [-0.15, -0.1) is 11.8 Å². The topological polar surface area (TPSA) is 26.7 Å². The summed E-state index contributed by atoms with van der Waals surface area (Å²) in [5.74, 6) is 1.93. The molecule has 0 aromatic heterocycles. The van der Waals surface area contributed by atoms with Gasteiger partial charge in [0.05, 0.1) is 0 Å². The number of likely N-dealkylation sites (tertiary alicyclic amines) is 1. The quantitative estimate of drug-likeness (QED) is 0.646. The van der Waals surface area contributed by atoms with E-state index in [4.69, 9.17) is 0 Å². The first-order valence-electron chi connectivity index (χ1n) is 7.03. The van der Waals surface area contributed by atoms with Gasteiger partial charge in [0.25, 0.3) is 0 Å². The fourth-order valence-electron chi connectivity index (χ4n) is 2.42. The molecule has 0 bridgehead atoms. The molecule has 0 saturated carbocycles. The van der Waals surface area contributed by atoms with Crippen molar-refractivity contribution < 1.29 is 5.11 Å². The lowest BCUT2D eigenvalue weighted by molar-refractivity contribution is -0.101. The van der Waals surface area contributed by atoms with E-state index in [0.29, 0.717) is 0 Å². The number of hydrogen-bond donors (Lipinski definition) is 1. The normalized spacial score (nSPS) is 19.4. The van der Waals surface area contributed by atoms with Gasteiger partial charge < -0.3 is 5.11 Å². The van der Waals surface area contributed by atoms with Crippen molar-refractivity contribution in [3.63, 3.8) is 0 Å². The summed E-state index contributed by atoms with van der Waals surface area (Å²) >= 11 is 5.40. The van der Waals surface area contributed by atoms with Gasteiger partial charge in [-0.05, 0) is 57.1 Å². The minimum atomic E-state index is -0.435. The second-order valence-electron chi connectivity index (χ2n) is 5.55. The maximum Gasteiger partial charge on any atom is 0.165 e. The van der Waals surface area contributed by atoms with Crippen LogP contribution in [-0.4, -0.2) is 54.2 Å². The molecular formula is C15H23BrN2OS. The van der Waals surface area contributed by atoms with Gasteiger partial charge in [-0.1, -0.05) is 15.9 Å². The predicted molar refractivity (Wildman–Crippen MR) is 88.9 cm³/mol. The van der Waals surface area contributed by atoms with Gasteiger partial charge >= 0.3 is 0 Å². The smallest absolute Gasteiger partial charge is 0.165 e. The first kappa shape index (κ1) is 16.3. The number of halogens is 1. The van der Waals surface area contributed by atoms with E-state index < -0.39 is 6.35 Å². The average molecular weight is 359 g/mol. The van der Waals surface area contributed by atoms with Crippen LogP contribution in [0.1, 0.15) is 12.8 Å². The fraction of sp³-hybridized carbons (Fsp3) is 0.600. The number of nitrogens with zero attached hydrogens (tertiary/aromatic N) is 2. The van der Waals surface area contributed by atoms with E-state index in [1.54, 1.807) is 0 Å². The Bertz CT molecular complexity index is 405. The van der Waals surface area contributed by atoms with Crippen LogP contribution >= 0.6 is 27.7 Å². The number of hydrogen-bond acceptors (Lipinski definition) is 4. The van der Waals surface area contributed by atoms with Crippen LogP contribution in [0.3, 0.4) is 0 Å². The first-order chi connectivity index (χ1) is 9.56. The molecule has 0 radical (unpaired) electrons. The Hall–Kier alpha value is -0.0700. The van der Waals surface area contributed by atoms with Crippen molar-refractivity contribution in [3.05, 3.63) is 28.7 Å². The first-order valence-corrected chi connectivity index (χ1v) is 8.81. The molecule has 112 valence electrons. The molecule has 3 nitrogen and oxygen atoms in total. The van der Waals surface area contributed by atoms with Crippen LogP contribution < -0.4 is 0 Å². The molecule has 1 unspecified atom stereocenters. The number of rotatable bonds is 5. The van der Waals surface area contributed by atoms with Crippen molar-refractivity contribution in [1.82, 2.24) is 9.80 Å². The van der Waals surface area contributed by atoms with Crippen molar-refractivity contribution in [1.29, 1.82) is 0 Å². The third-order valence-corrected chi connectivity index (χ3v) is 5.51. The van der Waals surface area contributed by atoms with Gasteiger partial charge in [0.1, 0.15) is 0 Å². The summed E-state index contributed by atoms with van der Waals surface area (Å²) in [7, 11) is 3.83. The van der Waals surface area contributed by atoms with Gasteiger partial charge in [-0.2, -0.15) is 0 Å². The Morgan fingerprint density at radius 3 is 2.45 bits per heavy atom. The minimum absolute atomic E-state index is 0.435. The van der Waals surface area contributed by atoms with Crippen LogP contribution in [0.15, 0.2) is 33.6 Å². The zero-order chi connectivity index (χ0) is 14.5. The number of aliphatic hydroxyl groups excluding tert-OH is 1. The Morgan fingerprint density at radius 2 is 1.90 bits per heavy atom. The second-order valence-corrected chi connectivity index (χ2v) is 7.56. The average Bonchev–Trinajstić information content (AvgIpc) is 2.46. The molecule has 0 aliphatic carbocycles. The highest BCUT2D eigenvalue weighted by Gasteiger charge is 2.24. The van der Waals surface area contributed by atoms with Crippen LogP contribution in [0.4, 0.5) is 0 Å². The molecule has 1 heterocycles. The molecule has 1 saturated heterocycles. The van der Waals surface area contributed by atoms with Crippen molar-refractivity contribution >= 4 is 27.7 Å². The molecule has 0 spiro atoms. The van der Waals surface area contributed by atoms with E-state index in [1.165, 1.54) is 23.5 Å². The van der Waals surface area contributed by atoms with Crippen molar-refractivity contribution in [2.45, 2.75) is 24.1 Å². The molecule has 1 aliphatic heterocycles. The zero-order valence-electron chi connectivity index (χ0n) is 12.1. The van der Waals surface area contributed by atoms with Crippen LogP contribution in [0.5, 0.6) is 0 Å². The van der Waals surface area contributed by atoms with Crippen molar-refractivity contribution in [2.75, 3.05) is 32.9 Å². The molecule has 2 rings (SSSR count). The van der Waals surface area contributed by atoms with E-state index in [2.05, 4.69) is 45.1 Å². The molecule has 5 heteroatoms. The Labute approximate surface area is 134 Å². The summed E-state index contributed by atoms with van der Waals surface area (Å²) < 4.78 is 1.13. The third kappa shape index (κ3) is 4.74. The monoisotopic (exact) mass is 358 g/mol. The second kappa shape index (κ2) is 7.80. The van der Waals surface area contributed by atoms with Gasteiger partial charge in [0.2, 0.25) is 0 Å². The standard InChI is InChI=1S/C15H23BrN2OS/c1-17(2)15(19)18-9-7-12(8-10-18)11-20-14-5-3-13(16)4-6-14/h3-6,12,15,19H,7-11H2,1-2H3. The van der Waals surface area contributed by atoms with Gasteiger partial charge in [0, 0.05) is 28.2 Å². The number of benzene rings is 1. The molecule has 1 N–H and O–H groups in total. The highest BCUT2D eigenvalue weighted by Crippen LogP contribution is 2.27. The lowest BCUT2D eigenvalue weighted by Crippen LogP contribution is -2.48. The number of aliphatic hydroxyl groups is 1. The highest BCUT2D eigenvalue weighted by atomic mass is 79.9. The van der Waals surface area contributed by atoms with E-state index in [9.17, 15) is 5.11 Å². The fourth-order valence-corrected chi connectivity index (χ4v) is 3.78. The maximum absolute atomic E-state index is 10.0. The molecular weight excluding hydrogens is 336 g/mol. The summed E-state index contributed by atoms with van der Waals surface area (Å²) in [6, 6.07) is 8.52. The highest BCUT2D eigenvalue weighted by molar-refractivity contribution is 9.10. The lowest BCUT2D eigenvalue weighted by Gasteiger charge is -2.37. The van der Waals surface area contributed by atoms with Gasteiger partial charge in [-0.3, -0.25) is 9.80 Å². The van der Waals surface area contributed by atoms with E-state index in [1.807, 2.05) is 30.8 Å². The van der Waals surface area contributed by atoms with Crippen LogP contribution in [0.25, 0.3) is 0 Å². The Kier molecular flexibility index (Phi) is 6.36.